The number of nitrogens with one attached hydrogen (secondary N) is 1. The van der Waals surface area contributed by atoms with Gasteiger partial charge in [-0.1, -0.05) is 0 Å². The topological polar surface area (TPSA) is 92.8 Å². The molecule has 0 aromatic heterocycles. The maximum atomic E-state index is 12.1. The summed E-state index contributed by atoms with van der Waals surface area (Å²) in [6.07, 6.45) is -4.32. The second-order valence-electron chi connectivity index (χ2n) is 6.34. The zero-order valence-electron chi connectivity index (χ0n) is 14.5. The summed E-state index contributed by atoms with van der Waals surface area (Å²) in [7, 11) is -1.65. The standard InChI is InChI=1S/C16H19F3N2O5S/c1-21(15(23)8-11-6-7-27(24,25)10-11)9-14(22)20-12-2-4-13(5-3-12)26-16(17,18)19/h2-5,11H,6-10H2,1H3,(H,20,22)/t11-/m0/s1. The number of likely N-dealkylation sites (N-methyl/N-ethyl adjacent to an activating group) is 1. The molecular formula is C16H19F3N2O5S. The Morgan fingerprint density at radius 1 is 1.26 bits per heavy atom. The zero-order chi connectivity index (χ0) is 20.2. The van der Waals surface area contributed by atoms with Gasteiger partial charge in [0.1, 0.15) is 5.75 Å². The van der Waals surface area contributed by atoms with Crippen molar-refractivity contribution in [2.45, 2.75) is 19.2 Å². The van der Waals surface area contributed by atoms with E-state index in [-0.39, 0.29) is 42.0 Å². The molecule has 2 rings (SSSR count). The molecule has 1 aromatic rings. The lowest BCUT2D eigenvalue weighted by atomic mass is 10.0. The normalized spacial score (nSPS) is 18.7. The Hall–Kier alpha value is -2.30. The number of hydrogen-bond donors (Lipinski definition) is 1. The van der Waals surface area contributed by atoms with E-state index in [1.165, 1.54) is 24.1 Å². The van der Waals surface area contributed by atoms with Crippen LogP contribution in [0.2, 0.25) is 0 Å². The molecule has 150 valence electrons. The van der Waals surface area contributed by atoms with Crippen molar-refractivity contribution in [2.75, 3.05) is 30.4 Å². The second-order valence-corrected chi connectivity index (χ2v) is 8.57. The molecule has 0 radical (unpaired) electrons. The molecule has 7 nitrogen and oxygen atoms in total. The first-order chi connectivity index (χ1) is 12.4. The fourth-order valence-electron chi connectivity index (χ4n) is 2.68. The second kappa shape index (κ2) is 8.15. The average Bonchev–Trinajstić information content (AvgIpc) is 2.86. The lowest BCUT2D eigenvalue weighted by molar-refractivity contribution is -0.274. The van der Waals surface area contributed by atoms with Crippen LogP contribution in [-0.4, -0.2) is 56.6 Å². The quantitative estimate of drug-likeness (QED) is 0.775. The molecule has 1 aliphatic heterocycles. The molecule has 1 saturated heterocycles. The van der Waals surface area contributed by atoms with Crippen LogP contribution in [0.1, 0.15) is 12.8 Å². The Morgan fingerprint density at radius 3 is 2.41 bits per heavy atom. The first-order valence-corrected chi connectivity index (χ1v) is 9.86. The van der Waals surface area contributed by atoms with Gasteiger partial charge in [0.2, 0.25) is 11.8 Å². The van der Waals surface area contributed by atoms with E-state index in [9.17, 15) is 31.2 Å². The maximum Gasteiger partial charge on any atom is 0.573 e. The third kappa shape index (κ3) is 7.08. The highest BCUT2D eigenvalue weighted by Crippen LogP contribution is 2.24. The van der Waals surface area contributed by atoms with Crippen LogP contribution in [0.15, 0.2) is 24.3 Å². The minimum atomic E-state index is -4.80. The number of benzene rings is 1. The van der Waals surface area contributed by atoms with Gasteiger partial charge in [0, 0.05) is 19.2 Å². The van der Waals surface area contributed by atoms with Gasteiger partial charge in [-0.25, -0.2) is 8.42 Å². The van der Waals surface area contributed by atoms with Crippen LogP contribution >= 0.6 is 0 Å². The van der Waals surface area contributed by atoms with Crippen LogP contribution in [0.3, 0.4) is 0 Å². The minimum Gasteiger partial charge on any atom is -0.406 e. The summed E-state index contributed by atoms with van der Waals surface area (Å²) in [5.41, 5.74) is 0.247. The number of sulfone groups is 1. The third-order valence-electron chi connectivity index (χ3n) is 3.97. The van der Waals surface area contributed by atoms with Gasteiger partial charge in [-0.15, -0.1) is 13.2 Å². The van der Waals surface area contributed by atoms with Crippen molar-refractivity contribution in [3.8, 4) is 5.75 Å². The molecule has 0 saturated carbocycles. The van der Waals surface area contributed by atoms with Crippen LogP contribution in [0.5, 0.6) is 5.75 Å². The fraction of sp³-hybridized carbons (Fsp3) is 0.500. The number of amides is 2. The van der Waals surface area contributed by atoms with Crippen molar-refractivity contribution < 1.29 is 35.9 Å². The lowest BCUT2D eigenvalue weighted by Gasteiger charge is -2.18. The van der Waals surface area contributed by atoms with Gasteiger partial charge in [0.05, 0.1) is 18.1 Å². The summed E-state index contributed by atoms with van der Waals surface area (Å²) in [5, 5.41) is 2.46. The maximum absolute atomic E-state index is 12.1. The Bertz CT molecular complexity index is 793. The summed E-state index contributed by atoms with van der Waals surface area (Å²) in [6.45, 7) is -0.265. The number of rotatable bonds is 6. The number of alkyl halides is 3. The Balaban J connectivity index is 1.81. The highest BCUT2D eigenvalue weighted by molar-refractivity contribution is 7.91. The number of nitrogens with zero attached hydrogens (tertiary/aromatic N) is 1. The van der Waals surface area contributed by atoms with E-state index in [2.05, 4.69) is 10.1 Å². The van der Waals surface area contributed by atoms with E-state index >= 15 is 0 Å². The van der Waals surface area contributed by atoms with Gasteiger partial charge < -0.3 is 15.0 Å². The molecule has 1 aromatic carbocycles. The molecule has 1 fully saturated rings. The lowest BCUT2D eigenvalue weighted by Crippen LogP contribution is -2.35. The van der Waals surface area contributed by atoms with Crippen LogP contribution in [0, 0.1) is 5.92 Å². The van der Waals surface area contributed by atoms with Crippen LogP contribution < -0.4 is 10.1 Å². The van der Waals surface area contributed by atoms with Crippen molar-refractivity contribution in [3.63, 3.8) is 0 Å². The molecule has 0 aliphatic carbocycles. The van der Waals surface area contributed by atoms with E-state index in [4.69, 9.17) is 0 Å². The van der Waals surface area contributed by atoms with Crippen LogP contribution in [0.25, 0.3) is 0 Å². The molecule has 27 heavy (non-hydrogen) atoms. The molecule has 0 spiro atoms. The summed E-state index contributed by atoms with van der Waals surface area (Å²) in [5.74, 6) is -1.49. The molecule has 1 N–H and O–H groups in total. The van der Waals surface area contributed by atoms with Gasteiger partial charge in [-0.3, -0.25) is 9.59 Å². The molecule has 1 atom stereocenters. The van der Waals surface area contributed by atoms with Gasteiger partial charge in [-0.05, 0) is 36.6 Å². The first-order valence-electron chi connectivity index (χ1n) is 8.03. The molecule has 11 heteroatoms. The van der Waals surface area contributed by atoms with Crippen molar-refractivity contribution >= 4 is 27.3 Å². The summed E-state index contributed by atoms with van der Waals surface area (Å²) in [4.78, 5) is 25.3. The van der Waals surface area contributed by atoms with Gasteiger partial charge in [0.15, 0.2) is 9.84 Å². The molecule has 1 heterocycles. The monoisotopic (exact) mass is 408 g/mol. The van der Waals surface area contributed by atoms with E-state index in [0.29, 0.717) is 6.42 Å². The number of ether oxygens (including phenoxy) is 1. The van der Waals surface area contributed by atoms with E-state index in [1.807, 2.05) is 0 Å². The molecule has 0 bridgehead atoms. The predicted molar refractivity (Wildman–Crippen MR) is 90.8 cm³/mol. The Labute approximate surface area is 154 Å². The van der Waals surface area contributed by atoms with E-state index in [0.717, 1.165) is 12.1 Å². The van der Waals surface area contributed by atoms with Crippen LogP contribution in [0.4, 0.5) is 18.9 Å². The number of carbonyl (C=O) groups excluding carboxylic acids is 2. The SMILES string of the molecule is CN(CC(=O)Nc1ccc(OC(F)(F)F)cc1)C(=O)C[C@@H]1CCS(=O)(=O)C1. The number of anilines is 1. The Kier molecular flexibility index (Phi) is 6.34. The largest absolute Gasteiger partial charge is 0.573 e. The Morgan fingerprint density at radius 2 is 1.89 bits per heavy atom. The number of halogens is 3. The summed E-state index contributed by atoms with van der Waals surface area (Å²) < 4.78 is 62.8. The fourth-order valence-corrected chi connectivity index (χ4v) is 4.54. The smallest absolute Gasteiger partial charge is 0.406 e. The minimum absolute atomic E-state index is 0.0227. The number of carbonyl (C=O) groups is 2. The van der Waals surface area contributed by atoms with Gasteiger partial charge >= 0.3 is 6.36 Å². The van der Waals surface area contributed by atoms with Crippen molar-refractivity contribution in [3.05, 3.63) is 24.3 Å². The molecule has 0 unspecified atom stereocenters. The summed E-state index contributed by atoms with van der Waals surface area (Å²) >= 11 is 0. The predicted octanol–water partition coefficient (Wildman–Crippen LogP) is 1.81. The number of hydrogen-bond acceptors (Lipinski definition) is 5. The molecule has 1 aliphatic rings. The molecule has 2 amide bonds. The highest BCUT2D eigenvalue weighted by Gasteiger charge is 2.31. The molecular weight excluding hydrogens is 389 g/mol. The zero-order valence-corrected chi connectivity index (χ0v) is 15.3. The van der Waals surface area contributed by atoms with E-state index < -0.39 is 27.9 Å². The van der Waals surface area contributed by atoms with E-state index in [1.54, 1.807) is 0 Å². The van der Waals surface area contributed by atoms with Crippen molar-refractivity contribution in [1.29, 1.82) is 0 Å². The average molecular weight is 408 g/mol. The van der Waals surface area contributed by atoms with Gasteiger partial charge in [-0.2, -0.15) is 0 Å². The first kappa shape index (κ1) is 21.0. The van der Waals surface area contributed by atoms with Gasteiger partial charge in [0.25, 0.3) is 0 Å². The van der Waals surface area contributed by atoms with Crippen molar-refractivity contribution in [2.24, 2.45) is 5.92 Å². The van der Waals surface area contributed by atoms with Crippen LogP contribution in [-0.2, 0) is 19.4 Å². The third-order valence-corrected chi connectivity index (χ3v) is 5.81. The highest BCUT2D eigenvalue weighted by atomic mass is 32.2. The van der Waals surface area contributed by atoms with Crippen molar-refractivity contribution in [1.82, 2.24) is 4.90 Å². The summed E-state index contributed by atoms with van der Waals surface area (Å²) in [6, 6.07) is 4.59.